The van der Waals surface area contributed by atoms with Gasteiger partial charge in [0.25, 0.3) is 10.1 Å². The highest BCUT2D eigenvalue weighted by atomic mass is 127. The van der Waals surface area contributed by atoms with E-state index in [0.29, 0.717) is 0 Å². The summed E-state index contributed by atoms with van der Waals surface area (Å²) in [6.07, 6.45) is 0.458. The van der Waals surface area contributed by atoms with Crippen molar-refractivity contribution in [2.45, 2.75) is 24.3 Å². The van der Waals surface area contributed by atoms with E-state index in [0.717, 1.165) is 10.8 Å². The molecule has 1 rings (SSSR count). The van der Waals surface area contributed by atoms with E-state index in [1.807, 2.05) is 0 Å². The molecule has 1 aromatic rings. The van der Waals surface area contributed by atoms with E-state index in [2.05, 4.69) is 22.6 Å². The lowest BCUT2D eigenvalue weighted by molar-refractivity contribution is 0.227. The first-order valence-corrected chi connectivity index (χ1v) is 7.54. The number of hydrogen-bond donors (Lipinski definition) is 0. The van der Waals surface area contributed by atoms with Gasteiger partial charge in [0.1, 0.15) is 0 Å². The number of rotatable bonds is 5. The highest BCUT2D eigenvalue weighted by Gasteiger charge is 2.17. The average Bonchev–Trinajstić information content (AvgIpc) is 2.18. The molecule has 0 aliphatic heterocycles. The van der Waals surface area contributed by atoms with Crippen LogP contribution >= 0.6 is 22.6 Å². The van der Waals surface area contributed by atoms with Crippen molar-refractivity contribution in [3.8, 4) is 0 Å². The molecule has 5 heteroatoms. The van der Waals surface area contributed by atoms with E-state index in [9.17, 15) is 8.42 Å². The summed E-state index contributed by atoms with van der Waals surface area (Å²) >= 11 is 2.19. The number of hydrogen-bond acceptors (Lipinski definition) is 3. The Morgan fingerprint density at radius 3 is 2.47 bits per heavy atom. The Labute approximate surface area is 104 Å². The summed E-state index contributed by atoms with van der Waals surface area (Å²) in [7, 11) is -3.59. The van der Waals surface area contributed by atoms with E-state index >= 15 is 0 Å². The van der Waals surface area contributed by atoms with Gasteiger partial charge in [-0.3, -0.25) is 4.18 Å². The fourth-order valence-corrected chi connectivity index (χ4v) is 3.07. The largest absolute Gasteiger partial charge is 0.297 e. The Balaban J connectivity index is 2.77. The van der Waals surface area contributed by atoms with Gasteiger partial charge in [-0.1, -0.05) is 40.8 Å². The van der Waals surface area contributed by atoms with Gasteiger partial charge in [0.2, 0.25) is 0 Å². The third-order valence-corrected chi connectivity index (χ3v) is 3.89. The van der Waals surface area contributed by atoms with Crippen molar-refractivity contribution in [1.29, 1.82) is 0 Å². The van der Waals surface area contributed by atoms with Crippen LogP contribution in [0, 0.1) is 0 Å². The van der Waals surface area contributed by atoms with Crippen molar-refractivity contribution in [2.24, 2.45) is 0 Å². The van der Waals surface area contributed by atoms with Gasteiger partial charge in [0, 0.05) is 4.43 Å². The van der Waals surface area contributed by atoms with Crippen molar-refractivity contribution in [1.82, 2.24) is 0 Å². The Hall–Kier alpha value is -0.140. The Kier molecular flexibility index (Phi) is 5.01. The molecule has 0 fully saturated rings. The maximum atomic E-state index is 11.7. The molecule has 1 atom stereocenters. The van der Waals surface area contributed by atoms with Gasteiger partial charge in [-0.05, 0) is 25.5 Å². The van der Waals surface area contributed by atoms with Crippen LogP contribution < -0.4 is 0 Å². The van der Waals surface area contributed by atoms with Crippen LogP contribution in [0.25, 0.3) is 0 Å². The van der Waals surface area contributed by atoms with Crippen LogP contribution in [0.5, 0.6) is 0 Å². The summed E-state index contributed by atoms with van der Waals surface area (Å²) in [5.41, 5.74) is 0. The van der Waals surface area contributed by atoms with Crippen LogP contribution in [0.2, 0.25) is 0 Å². The second-order valence-corrected chi connectivity index (χ2v) is 5.80. The molecule has 0 aliphatic rings. The third kappa shape index (κ3) is 4.08. The number of halogens is 1. The minimum absolute atomic E-state index is 0.213. The predicted molar refractivity (Wildman–Crippen MR) is 67.7 cm³/mol. The van der Waals surface area contributed by atoms with Crippen molar-refractivity contribution >= 4 is 32.7 Å². The minimum Gasteiger partial charge on any atom is -0.263 e. The first kappa shape index (κ1) is 12.9. The molecule has 0 spiro atoms. The molecule has 15 heavy (non-hydrogen) atoms. The molecule has 0 aliphatic carbocycles. The highest BCUT2D eigenvalue weighted by Crippen LogP contribution is 2.15. The molecule has 0 aromatic heterocycles. The molecular weight excluding hydrogens is 327 g/mol. The lowest BCUT2D eigenvalue weighted by Gasteiger charge is -2.11. The van der Waals surface area contributed by atoms with Crippen molar-refractivity contribution < 1.29 is 12.6 Å². The SMILES string of the molecule is CC(CCI)OS(=O)(=O)c1ccccc1. The summed E-state index contributed by atoms with van der Waals surface area (Å²) in [5, 5.41) is 0. The molecule has 0 bridgehead atoms. The van der Waals surface area contributed by atoms with Crippen molar-refractivity contribution in [3.63, 3.8) is 0 Å². The van der Waals surface area contributed by atoms with Crippen LogP contribution in [0.1, 0.15) is 13.3 Å². The molecule has 0 radical (unpaired) electrons. The molecule has 1 unspecified atom stereocenters. The normalized spacial score (nSPS) is 13.7. The standard InChI is InChI=1S/C10H13IO3S/c1-9(7-8-11)14-15(12,13)10-5-3-2-4-6-10/h2-6,9H,7-8H2,1H3. The van der Waals surface area contributed by atoms with Gasteiger partial charge >= 0.3 is 0 Å². The fraction of sp³-hybridized carbons (Fsp3) is 0.400. The van der Waals surface area contributed by atoms with Crippen LogP contribution in [0.15, 0.2) is 35.2 Å². The molecule has 84 valence electrons. The van der Waals surface area contributed by atoms with Crippen molar-refractivity contribution in [3.05, 3.63) is 30.3 Å². The highest BCUT2D eigenvalue weighted by molar-refractivity contribution is 14.1. The molecule has 1 aromatic carbocycles. The maximum Gasteiger partial charge on any atom is 0.297 e. The summed E-state index contributed by atoms with van der Waals surface area (Å²) < 4.78 is 29.3. The smallest absolute Gasteiger partial charge is 0.263 e. The van der Waals surface area contributed by atoms with Gasteiger partial charge in [-0.15, -0.1) is 0 Å². The van der Waals surface area contributed by atoms with Gasteiger partial charge in [-0.2, -0.15) is 8.42 Å². The average molecular weight is 340 g/mol. The summed E-state index contributed by atoms with van der Waals surface area (Å²) in [5.74, 6) is 0. The second kappa shape index (κ2) is 5.81. The van der Waals surface area contributed by atoms with E-state index < -0.39 is 10.1 Å². The lowest BCUT2D eigenvalue weighted by atomic mass is 10.3. The first-order chi connectivity index (χ1) is 7.06. The number of benzene rings is 1. The van der Waals surface area contributed by atoms with Gasteiger partial charge < -0.3 is 0 Å². The molecule has 0 saturated carbocycles. The molecule has 0 amide bonds. The topological polar surface area (TPSA) is 43.4 Å². The zero-order chi connectivity index (χ0) is 11.3. The predicted octanol–water partition coefficient (Wildman–Crippen LogP) is 2.61. The van der Waals surface area contributed by atoms with Gasteiger partial charge in [0.15, 0.2) is 0 Å². The fourth-order valence-electron chi connectivity index (χ4n) is 1.06. The van der Waals surface area contributed by atoms with Gasteiger partial charge in [0.05, 0.1) is 11.0 Å². The molecule has 0 N–H and O–H groups in total. The van der Waals surface area contributed by atoms with Crippen LogP contribution in [-0.2, 0) is 14.3 Å². The zero-order valence-corrected chi connectivity index (χ0v) is 11.4. The molecule has 3 nitrogen and oxygen atoms in total. The maximum absolute atomic E-state index is 11.7. The zero-order valence-electron chi connectivity index (χ0n) is 8.39. The quantitative estimate of drug-likeness (QED) is 0.470. The first-order valence-electron chi connectivity index (χ1n) is 4.60. The summed E-state index contributed by atoms with van der Waals surface area (Å²) in [4.78, 5) is 0.213. The van der Waals surface area contributed by atoms with Gasteiger partial charge in [-0.25, -0.2) is 0 Å². The van der Waals surface area contributed by atoms with Crippen molar-refractivity contribution in [2.75, 3.05) is 4.43 Å². The third-order valence-electron chi connectivity index (χ3n) is 1.84. The molecule has 0 saturated heterocycles. The monoisotopic (exact) mass is 340 g/mol. The molecular formula is C10H13IO3S. The van der Waals surface area contributed by atoms with Crippen LogP contribution in [0.3, 0.4) is 0 Å². The Morgan fingerprint density at radius 2 is 1.93 bits per heavy atom. The Morgan fingerprint density at radius 1 is 1.33 bits per heavy atom. The number of alkyl halides is 1. The second-order valence-electron chi connectivity index (χ2n) is 3.15. The summed E-state index contributed by atoms with van der Waals surface area (Å²) in [6.45, 7) is 1.76. The van der Waals surface area contributed by atoms with Crippen LogP contribution in [0.4, 0.5) is 0 Å². The Bertz CT molecular complexity index is 388. The van der Waals surface area contributed by atoms with E-state index in [-0.39, 0.29) is 11.0 Å². The van der Waals surface area contributed by atoms with Crippen LogP contribution in [-0.4, -0.2) is 18.9 Å². The molecule has 0 heterocycles. The van der Waals surface area contributed by atoms with E-state index in [1.54, 1.807) is 25.1 Å². The minimum atomic E-state index is -3.59. The van der Waals surface area contributed by atoms with E-state index in [1.165, 1.54) is 12.1 Å². The van der Waals surface area contributed by atoms with E-state index in [4.69, 9.17) is 4.18 Å². The lowest BCUT2D eigenvalue weighted by Crippen LogP contribution is -2.15. The summed E-state index contributed by atoms with van der Waals surface area (Å²) in [6, 6.07) is 8.20.